The molecule has 9 heteroatoms. The number of carbonyl (C=O) groups excluding carboxylic acids is 2. The molecule has 8 nitrogen and oxygen atoms in total. The Hall–Kier alpha value is -3.72. The molecule has 3 rings (SSSR count). The van der Waals surface area contributed by atoms with E-state index in [1.807, 2.05) is 42.5 Å². The maximum Gasteiger partial charge on any atom is 0.305 e. The summed E-state index contributed by atoms with van der Waals surface area (Å²) in [5, 5.41) is 25.0. The number of hydrogen-bond donors (Lipinski definition) is 5. The van der Waals surface area contributed by atoms with Gasteiger partial charge in [0.25, 0.3) is 5.91 Å². The minimum Gasteiger partial charge on any atom is -0.481 e. The molecule has 3 aromatic rings. The van der Waals surface area contributed by atoms with E-state index >= 15 is 0 Å². The van der Waals surface area contributed by atoms with E-state index < -0.39 is 49.1 Å². The number of rotatable bonds is 13. The number of alkyl halides is 1. The topological polar surface area (TPSA) is 132 Å². The van der Waals surface area contributed by atoms with E-state index in [2.05, 4.69) is 27.8 Å². The monoisotopic (exact) mass is 511 g/mol. The van der Waals surface area contributed by atoms with Crippen molar-refractivity contribution in [2.45, 2.75) is 57.7 Å². The molecule has 198 valence electrons. The summed E-state index contributed by atoms with van der Waals surface area (Å²) in [5.41, 5.74) is 3.22. The number of benzene rings is 2. The number of aliphatic hydroxyl groups excluding tert-OH is 1. The van der Waals surface area contributed by atoms with E-state index in [1.54, 1.807) is 13.8 Å². The number of aliphatic hydroxyl groups is 1. The van der Waals surface area contributed by atoms with E-state index in [0.717, 1.165) is 29.3 Å². The van der Waals surface area contributed by atoms with Gasteiger partial charge in [-0.05, 0) is 42.4 Å². The summed E-state index contributed by atoms with van der Waals surface area (Å²) < 4.78 is 13.0. The number of halogens is 1. The molecule has 5 N–H and O–H groups in total. The van der Waals surface area contributed by atoms with Crippen LogP contribution in [-0.4, -0.2) is 57.8 Å². The van der Waals surface area contributed by atoms with Crippen molar-refractivity contribution in [2.75, 3.05) is 6.67 Å². The van der Waals surface area contributed by atoms with Gasteiger partial charge in [0.2, 0.25) is 5.91 Å². The van der Waals surface area contributed by atoms with Crippen LogP contribution in [-0.2, 0) is 22.4 Å². The van der Waals surface area contributed by atoms with Crippen molar-refractivity contribution >= 4 is 28.7 Å². The second kappa shape index (κ2) is 13.0. The van der Waals surface area contributed by atoms with Gasteiger partial charge in [-0.15, -0.1) is 0 Å². The first-order valence-electron chi connectivity index (χ1n) is 12.4. The Morgan fingerprint density at radius 1 is 0.973 bits per heavy atom. The second-order valence-corrected chi connectivity index (χ2v) is 9.49. The molecule has 0 fully saturated rings. The van der Waals surface area contributed by atoms with Crippen molar-refractivity contribution in [1.82, 2.24) is 15.6 Å². The number of aryl methyl sites for hydroxylation is 2. The molecule has 2 aromatic carbocycles. The van der Waals surface area contributed by atoms with Gasteiger partial charge >= 0.3 is 5.97 Å². The smallest absolute Gasteiger partial charge is 0.305 e. The molecule has 0 radical (unpaired) electrons. The molecule has 3 atom stereocenters. The predicted octanol–water partition coefficient (Wildman–Crippen LogP) is 3.39. The zero-order valence-electron chi connectivity index (χ0n) is 21.0. The van der Waals surface area contributed by atoms with E-state index in [9.17, 15) is 23.9 Å². The number of H-pyrrole nitrogens is 1. The SMILES string of the molecule is CC(C)[C@H](NC(=O)c1[nH]c2ccccc2c1CCCc1ccccc1)C(=O)NC(CC(=O)O)C(O)CF. The fourth-order valence-electron chi connectivity index (χ4n) is 4.37. The average molecular weight is 512 g/mol. The van der Waals surface area contributed by atoms with Gasteiger partial charge in [0, 0.05) is 10.9 Å². The minimum atomic E-state index is -1.67. The number of aromatic amines is 1. The number of aliphatic carboxylic acids is 1. The lowest BCUT2D eigenvalue weighted by atomic mass is 9.99. The highest BCUT2D eigenvalue weighted by molar-refractivity contribution is 6.02. The van der Waals surface area contributed by atoms with Gasteiger partial charge < -0.3 is 25.8 Å². The zero-order chi connectivity index (χ0) is 26.9. The van der Waals surface area contributed by atoms with E-state index in [0.29, 0.717) is 12.1 Å². The Bertz CT molecular complexity index is 1210. The number of carboxylic acid groups (broad SMARTS) is 1. The van der Waals surface area contributed by atoms with Crippen molar-refractivity contribution in [3.05, 3.63) is 71.4 Å². The molecule has 0 saturated heterocycles. The Kier molecular flexibility index (Phi) is 9.79. The lowest BCUT2D eigenvalue weighted by Gasteiger charge is -2.26. The quantitative estimate of drug-likeness (QED) is 0.240. The van der Waals surface area contributed by atoms with E-state index in [1.165, 1.54) is 5.56 Å². The third kappa shape index (κ3) is 7.39. The lowest BCUT2D eigenvalue weighted by Crippen LogP contribution is -2.55. The van der Waals surface area contributed by atoms with Gasteiger partial charge in [-0.1, -0.05) is 62.4 Å². The number of carboxylic acids is 1. The number of nitrogens with one attached hydrogen (secondary N) is 3. The fraction of sp³-hybridized carbons (Fsp3) is 0.393. The zero-order valence-corrected chi connectivity index (χ0v) is 21.0. The standard InChI is InChI=1S/C28H34FN3O5/c1-17(2)25(27(36)31-22(15-24(34)35)23(33)16-29)32-28(37)26-20(19-12-6-7-14-21(19)30-26)13-8-11-18-9-4-3-5-10-18/h3-7,9-10,12,14,17,22-23,25,30,33H,8,11,13,15-16H2,1-2H3,(H,31,36)(H,32,37)(H,34,35)/t22?,23?,25-/m0/s1. The van der Waals surface area contributed by atoms with Crippen LogP contribution < -0.4 is 10.6 Å². The van der Waals surface area contributed by atoms with Crippen LogP contribution in [0.2, 0.25) is 0 Å². The fourth-order valence-corrected chi connectivity index (χ4v) is 4.37. The molecule has 0 aliphatic carbocycles. The molecular formula is C28H34FN3O5. The Morgan fingerprint density at radius 2 is 1.65 bits per heavy atom. The molecule has 0 bridgehead atoms. The first-order valence-corrected chi connectivity index (χ1v) is 12.4. The van der Waals surface area contributed by atoms with Crippen molar-refractivity contribution in [3.63, 3.8) is 0 Å². The molecule has 2 unspecified atom stereocenters. The number of para-hydroxylation sites is 1. The van der Waals surface area contributed by atoms with Crippen molar-refractivity contribution in [2.24, 2.45) is 5.92 Å². The summed E-state index contributed by atoms with van der Waals surface area (Å²) in [4.78, 5) is 40.7. The molecule has 0 spiro atoms. The van der Waals surface area contributed by atoms with Crippen LogP contribution in [0, 0.1) is 5.92 Å². The Balaban J connectivity index is 1.79. The summed E-state index contributed by atoms with van der Waals surface area (Å²) in [7, 11) is 0. The van der Waals surface area contributed by atoms with Crippen LogP contribution in [0.15, 0.2) is 54.6 Å². The lowest BCUT2D eigenvalue weighted by molar-refractivity contribution is -0.139. The summed E-state index contributed by atoms with van der Waals surface area (Å²) in [6.07, 6.45) is -0.0147. The molecule has 0 aliphatic heterocycles. The largest absolute Gasteiger partial charge is 0.481 e. The summed E-state index contributed by atoms with van der Waals surface area (Å²) >= 11 is 0. The van der Waals surface area contributed by atoms with Gasteiger partial charge in [-0.2, -0.15) is 0 Å². The molecule has 37 heavy (non-hydrogen) atoms. The molecular weight excluding hydrogens is 477 g/mol. The normalized spacial score (nSPS) is 13.8. The number of fused-ring (bicyclic) bond motifs is 1. The van der Waals surface area contributed by atoms with Gasteiger partial charge in [0.15, 0.2) is 0 Å². The highest BCUT2D eigenvalue weighted by Gasteiger charge is 2.31. The second-order valence-electron chi connectivity index (χ2n) is 9.49. The van der Waals surface area contributed by atoms with Gasteiger partial charge in [-0.25, -0.2) is 4.39 Å². The van der Waals surface area contributed by atoms with Gasteiger partial charge in [0.1, 0.15) is 24.5 Å². The first kappa shape index (κ1) is 27.9. The first-order chi connectivity index (χ1) is 17.7. The predicted molar refractivity (Wildman–Crippen MR) is 139 cm³/mol. The number of hydrogen-bond acceptors (Lipinski definition) is 4. The van der Waals surface area contributed by atoms with Crippen molar-refractivity contribution < 1.29 is 29.0 Å². The van der Waals surface area contributed by atoms with Crippen LogP contribution in [0.4, 0.5) is 4.39 Å². The van der Waals surface area contributed by atoms with E-state index in [-0.39, 0.29) is 5.92 Å². The number of carbonyl (C=O) groups is 3. The highest BCUT2D eigenvalue weighted by Crippen LogP contribution is 2.25. The average Bonchev–Trinajstić information content (AvgIpc) is 3.25. The molecule has 1 heterocycles. The molecule has 2 amide bonds. The number of amides is 2. The summed E-state index contributed by atoms with van der Waals surface area (Å²) in [5.74, 6) is -2.81. The van der Waals surface area contributed by atoms with Crippen LogP contribution >= 0.6 is 0 Å². The van der Waals surface area contributed by atoms with Gasteiger partial charge in [0.05, 0.1) is 12.5 Å². The third-order valence-corrected chi connectivity index (χ3v) is 6.36. The Morgan fingerprint density at radius 3 is 2.30 bits per heavy atom. The Labute approximate surface area is 215 Å². The molecule has 1 aromatic heterocycles. The van der Waals surface area contributed by atoms with Crippen LogP contribution in [0.5, 0.6) is 0 Å². The molecule has 0 aliphatic rings. The van der Waals surface area contributed by atoms with Crippen LogP contribution in [0.3, 0.4) is 0 Å². The third-order valence-electron chi connectivity index (χ3n) is 6.36. The van der Waals surface area contributed by atoms with Crippen molar-refractivity contribution in [3.8, 4) is 0 Å². The number of aromatic nitrogens is 1. The minimum absolute atomic E-state index is 0.358. The van der Waals surface area contributed by atoms with Crippen LogP contribution in [0.1, 0.15) is 48.3 Å². The van der Waals surface area contributed by atoms with Crippen molar-refractivity contribution in [1.29, 1.82) is 0 Å². The summed E-state index contributed by atoms with van der Waals surface area (Å²) in [6, 6.07) is 15.3. The molecule has 0 saturated carbocycles. The maximum atomic E-state index is 13.4. The van der Waals surface area contributed by atoms with E-state index in [4.69, 9.17) is 5.11 Å². The van der Waals surface area contributed by atoms with Crippen LogP contribution in [0.25, 0.3) is 10.9 Å². The van der Waals surface area contributed by atoms with Gasteiger partial charge in [-0.3, -0.25) is 14.4 Å². The highest BCUT2D eigenvalue weighted by atomic mass is 19.1. The summed E-state index contributed by atoms with van der Waals surface area (Å²) in [6.45, 7) is 2.25. The maximum absolute atomic E-state index is 13.4.